The number of ether oxygens (including phenoxy) is 1. The van der Waals surface area contributed by atoms with Gasteiger partial charge >= 0.3 is 0 Å². The van der Waals surface area contributed by atoms with Gasteiger partial charge in [0.1, 0.15) is 5.75 Å². The van der Waals surface area contributed by atoms with Gasteiger partial charge in [0.2, 0.25) is 0 Å². The highest BCUT2D eigenvalue weighted by Gasteiger charge is 2.27. The van der Waals surface area contributed by atoms with Gasteiger partial charge in [-0.05, 0) is 24.8 Å². The molecule has 4 heteroatoms. The number of nitrogens with zero attached hydrogens (tertiary/aromatic N) is 2. The fourth-order valence-electron chi connectivity index (χ4n) is 1.96. The second-order valence-electron chi connectivity index (χ2n) is 5.83. The predicted molar refractivity (Wildman–Crippen MR) is 82.9 cm³/mol. The first-order valence-corrected chi connectivity index (χ1v) is 7.31. The van der Waals surface area contributed by atoms with E-state index < -0.39 is 0 Å². The van der Waals surface area contributed by atoms with Crippen molar-refractivity contribution in [3.05, 3.63) is 29.8 Å². The van der Waals surface area contributed by atoms with E-state index >= 15 is 0 Å². The van der Waals surface area contributed by atoms with Gasteiger partial charge in [-0.15, -0.1) is 0 Å². The zero-order valence-electron chi connectivity index (χ0n) is 12.7. The Morgan fingerprint density at radius 1 is 1.40 bits per heavy atom. The molecule has 0 heterocycles. The van der Waals surface area contributed by atoms with Crippen LogP contribution >= 0.6 is 0 Å². The molecule has 20 heavy (non-hydrogen) atoms. The van der Waals surface area contributed by atoms with Gasteiger partial charge in [-0.25, -0.2) is 4.99 Å². The molecule has 2 N–H and O–H groups in total. The minimum Gasteiger partial charge on any atom is -0.493 e. The minimum atomic E-state index is 0.512. The zero-order chi connectivity index (χ0) is 14.5. The molecule has 0 unspecified atom stereocenters. The monoisotopic (exact) mass is 275 g/mol. The molecule has 0 aliphatic heterocycles. The summed E-state index contributed by atoms with van der Waals surface area (Å²) in [6.45, 7) is 5.57. The lowest BCUT2D eigenvalue weighted by molar-refractivity contribution is 0.268. The van der Waals surface area contributed by atoms with Gasteiger partial charge in [0.25, 0.3) is 0 Å². The van der Waals surface area contributed by atoms with Crippen LogP contribution < -0.4 is 10.5 Å². The second-order valence-corrected chi connectivity index (χ2v) is 5.83. The highest BCUT2D eigenvalue weighted by Crippen LogP contribution is 2.25. The number of benzene rings is 1. The van der Waals surface area contributed by atoms with Crippen molar-refractivity contribution in [2.75, 3.05) is 13.7 Å². The normalized spacial score (nSPS) is 15.5. The number of guanidine groups is 1. The highest BCUT2D eigenvalue weighted by atomic mass is 16.5. The van der Waals surface area contributed by atoms with Gasteiger partial charge in [0.05, 0.1) is 13.2 Å². The Hall–Kier alpha value is -1.71. The molecule has 0 atom stereocenters. The van der Waals surface area contributed by atoms with Crippen molar-refractivity contribution in [1.82, 2.24) is 4.90 Å². The van der Waals surface area contributed by atoms with Crippen molar-refractivity contribution in [2.45, 2.75) is 39.3 Å². The molecule has 2 rings (SSSR count). The Morgan fingerprint density at radius 3 is 2.75 bits per heavy atom. The summed E-state index contributed by atoms with van der Waals surface area (Å²) in [6, 6.07) is 8.62. The first kappa shape index (κ1) is 14.7. The molecule has 1 saturated carbocycles. The van der Waals surface area contributed by atoms with E-state index in [0.717, 1.165) is 17.9 Å². The van der Waals surface area contributed by atoms with Gasteiger partial charge in [0.15, 0.2) is 5.96 Å². The second kappa shape index (κ2) is 6.64. The van der Waals surface area contributed by atoms with Crippen LogP contribution in [0.2, 0.25) is 0 Å². The summed E-state index contributed by atoms with van der Waals surface area (Å²) in [5.74, 6) is 2.04. The summed E-state index contributed by atoms with van der Waals surface area (Å²) in [7, 11) is 2.01. The molecule has 0 bridgehead atoms. The van der Waals surface area contributed by atoms with Crippen LogP contribution in [-0.4, -0.2) is 30.6 Å². The zero-order valence-corrected chi connectivity index (χ0v) is 12.7. The summed E-state index contributed by atoms with van der Waals surface area (Å²) in [5, 5.41) is 0. The van der Waals surface area contributed by atoms with Crippen LogP contribution in [0.25, 0.3) is 0 Å². The third-order valence-corrected chi connectivity index (χ3v) is 3.41. The van der Waals surface area contributed by atoms with Crippen molar-refractivity contribution in [2.24, 2.45) is 16.6 Å². The molecule has 0 saturated heterocycles. The van der Waals surface area contributed by atoms with Crippen molar-refractivity contribution in [3.8, 4) is 5.75 Å². The average Bonchev–Trinajstić information content (AvgIpc) is 3.27. The van der Waals surface area contributed by atoms with Gasteiger partial charge in [-0.1, -0.05) is 32.0 Å². The lowest BCUT2D eigenvalue weighted by atomic mass is 10.2. The smallest absolute Gasteiger partial charge is 0.191 e. The number of hydrogen-bond acceptors (Lipinski definition) is 2. The van der Waals surface area contributed by atoms with E-state index in [-0.39, 0.29) is 0 Å². The van der Waals surface area contributed by atoms with Crippen molar-refractivity contribution >= 4 is 5.96 Å². The Balaban J connectivity index is 1.99. The molecule has 1 aliphatic rings. The predicted octanol–water partition coefficient (Wildman–Crippen LogP) is 2.63. The van der Waals surface area contributed by atoms with Gasteiger partial charge in [0, 0.05) is 18.7 Å². The molecule has 1 aromatic carbocycles. The first-order valence-electron chi connectivity index (χ1n) is 7.31. The van der Waals surface area contributed by atoms with Crippen LogP contribution in [-0.2, 0) is 6.54 Å². The van der Waals surface area contributed by atoms with Crippen LogP contribution in [0.5, 0.6) is 5.75 Å². The van der Waals surface area contributed by atoms with E-state index in [1.165, 1.54) is 12.8 Å². The standard InChI is InChI=1S/C16H25N3O/c1-12(2)11-20-15-7-5-4-6-13(15)10-18-16(17)19(3)14-8-9-14/h4-7,12,14H,8-11H2,1-3H3,(H2,17,18). The number of aliphatic imine (C=N–C) groups is 1. The molecule has 1 fully saturated rings. The molecule has 1 aliphatic carbocycles. The third-order valence-electron chi connectivity index (χ3n) is 3.41. The Labute approximate surface area is 121 Å². The summed E-state index contributed by atoms with van der Waals surface area (Å²) in [4.78, 5) is 6.55. The van der Waals surface area contributed by atoms with Crippen LogP contribution in [0.15, 0.2) is 29.3 Å². The molecule has 1 aromatic rings. The molecule has 4 nitrogen and oxygen atoms in total. The van der Waals surface area contributed by atoms with Crippen LogP contribution in [0.4, 0.5) is 0 Å². The van der Waals surface area contributed by atoms with Gasteiger partial charge in [-0.3, -0.25) is 0 Å². The van der Waals surface area contributed by atoms with Gasteiger partial charge < -0.3 is 15.4 Å². The highest BCUT2D eigenvalue weighted by molar-refractivity contribution is 5.78. The lowest BCUT2D eigenvalue weighted by Gasteiger charge is -2.17. The molecule has 0 spiro atoms. The summed E-state index contributed by atoms with van der Waals surface area (Å²) >= 11 is 0. The average molecular weight is 275 g/mol. The van der Waals surface area contributed by atoms with E-state index in [0.29, 0.717) is 24.5 Å². The molecule has 0 aromatic heterocycles. The van der Waals surface area contributed by atoms with Gasteiger partial charge in [-0.2, -0.15) is 0 Å². The maximum atomic E-state index is 6.01. The summed E-state index contributed by atoms with van der Waals surface area (Å²) in [6.07, 6.45) is 2.45. The number of nitrogens with two attached hydrogens (primary N) is 1. The Bertz CT molecular complexity index is 467. The lowest BCUT2D eigenvalue weighted by Crippen LogP contribution is -2.35. The quantitative estimate of drug-likeness (QED) is 0.641. The number of hydrogen-bond donors (Lipinski definition) is 1. The van der Waals surface area contributed by atoms with Crippen molar-refractivity contribution in [3.63, 3.8) is 0 Å². The van der Waals surface area contributed by atoms with Crippen LogP contribution in [0.3, 0.4) is 0 Å². The summed E-state index contributed by atoms with van der Waals surface area (Å²) in [5.41, 5.74) is 7.10. The number of rotatable bonds is 6. The van der Waals surface area contributed by atoms with Crippen molar-refractivity contribution < 1.29 is 4.74 Å². The molecular formula is C16H25N3O. The molecule has 0 amide bonds. The van der Waals surface area contributed by atoms with E-state index in [2.05, 4.69) is 23.7 Å². The molecule has 110 valence electrons. The molecular weight excluding hydrogens is 250 g/mol. The fourth-order valence-corrected chi connectivity index (χ4v) is 1.96. The fraction of sp³-hybridized carbons (Fsp3) is 0.562. The van der Waals surface area contributed by atoms with E-state index in [1.54, 1.807) is 0 Å². The SMILES string of the molecule is CC(C)COc1ccccc1CN=C(N)N(C)C1CC1. The maximum absolute atomic E-state index is 6.01. The first-order chi connectivity index (χ1) is 9.58. The molecule has 0 radical (unpaired) electrons. The van der Waals surface area contributed by atoms with E-state index in [1.807, 2.05) is 31.3 Å². The minimum absolute atomic E-state index is 0.512. The van der Waals surface area contributed by atoms with E-state index in [4.69, 9.17) is 10.5 Å². The Kier molecular flexibility index (Phi) is 4.88. The Morgan fingerprint density at radius 2 is 2.10 bits per heavy atom. The number of para-hydroxylation sites is 1. The van der Waals surface area contributed by atoms with Crippen LogP contribution in [0.1, 0.15) is 32.3 Å². The van der Waals surface area contributed by atoms with Crippen molar-refractivity contribution in [1.29, 1.82) is 0 Å². The van der Waals surface area contributed by atoms with E-state index in [9.17, 15) is 0 Å². The third kappa shape index (κ3) is 4.15. The van der Waals surface area contributed by atoms with Crippen LogP contribution in [0, 0.1) is 5.92 Å². The topological polar surface area (TPSA) is 50.9 Å². The largest absolute Gasteiger partial charge is 0.493 e. The summed E-state index contributed by atoms with van der Waals surface area (Å²) < 4.78 is 5.83. The maximum Gasteiger partial charge on any atom is 0.191 e.